The number of anilines is 1. The summed E-state index contributed by atoms with van der Waals surface area (Å²) in [6.45, 7) is 5.02. The first kappa shape index (κ1) is 13.3. The van der Waals surface area contributed by atoms with Crippen molar-refractivity contribution in [3.8, 4) is 5.75 Å². The summed E-state index contributed by atoms with van der Waals surface area (Å²) in [5, 5.41) is 2.69. The number of hydrogen-bond acceptors (Lipinski definition) is 2. The summed E-state index contributed by atoms with van der Waals surface area (Å²) in [7, 11) is 1.43. The maximum Gasteiger partial charge on any atom is 0.321 e. The van der Waals surface area contributed by atoms with E-state index in [1.165, 1.54) is 25.3 Å². The van der Waals surface area contributed by atoms with E-state index < -0.39 is 5.82 Å². The first-order valence-corrected chi connectivity index (χ1v) is 5.51. The normalized spacial score (nSPS) is 9.88. The molecule has 0 saturated carbocycles. The molecule has 2 amide bonds. The molecule has 0 atom stereocenters. The molecule has 4 nitrogen and oxygen atoms in total. The van der Waals surface area contributed by atoms with Gasteiger partial charge in [-0.2, -0.15) is 0 Å². The first-order valence-electron chi connectivity index (χ1n) is 5.51. The van der Waals surface area contributed by atoms with Gasteiger partial charge in [0.1, 0.15) is 11.6 Å². The summed E-state index contributed by atoms with van der Waals surface area (Å²) >= 11 is 0. The molecule has 0 spiro atoms. The molecular formula is C12H17FN2O2. The number of methoxy groups -OCH3 is 1. The largest absolute Gasteiger partial charge is 0.494 e. The number of rotatable bonds is 4. The lowest BCUT2D eigenvalue weighted by molar-refractivity contribution is 0.217. The van der Waals surface area contributed by atoms with E-state index in [0.29, 0.717) is 24.5 Å². The van der Waals surface area contributed by atoms with Crippen molar-refractivity contribution in [2.75, 3.05) is 25.5 Å². The summed E-state index contributed by atoms with van der Waals surface area (Å²) in [5.41, 5.74) is 0.464. The molecule has 1 aromatic carbocycles. The summed E-state index contributed by atoms with van der Waals surface area (Å²) in [6, 6.07) is 3.77. The van der Waals surface area contributed by atoms with Gasteiger partial charge in [-0.25, -0.2) is 9.18 Å². The highest BCUT2D eigenvalue weighted by Gasteiger charge is 2.12. The molecule has 0 radical (unpaired) electrons. The molecule has 94 valence electrons. The van der Waals surface area contributed by atoms with Crippen molar-refractivity contribution in [3.63, 3.8) is 0 Å². The SMILES string of the molecule is CCN(CC)C(=O)Nc1ccc(F)cc1OC. The quantitative estimate of drug-likeness (QED) is 0.879. The zero-order valence-electron chi connectivity index (χ0n) is 10.3. The van der Waals surface area contributed by atoms with Crippen LogP contribution in [0.25, 0.3) is 0 Å². The molecule has 0 aliphatic carbocycles. The molecular weight excluding hydrogens is 223 g/mol. The van der Waals surface area contributed by atoms with Gasteiger partial charge in [-0.3, -0.25) is 0 Å². The Morgan fingerprint density at radius 2 is 2.06 bits per heavy atom. The number of ether oxygens (including phenoxy) is 1. The fraction of sp³-hybridized carbons (Fsp3) is 0.417. The third kappa shape index (κ3) is 3.34. The van der Waals surface area contributed by atoms with Crippen molar-refractivity contribution in [3.05, 3.63) is 24.0 Å². The van der Waals surface area contributed by atoms with Gasteiger partial charge in [0.2, 0.25) is 0 Å². The number of urea groups is 1. The van der Waals surface area contributed by atoms with E-state index in [-0.39, 0.29) is 6.03 Å². The van der Waals surface area contributed by atoms with Crippen LogP contribution in [0.3, 0.4) is 0 Å². The highest BCUT2D eigenvalue weighted by molar-refractivity contribution is 5.90. The first-order chi connectivity index (χ1) is 8.12. The predicted molar refractivity (Wildman–Crippen MR) is 64.9 cm³/mol. The number of nitrogens with one attached hydrogen (secondary N) is 1. The number of halogens is 1. The van der Waals surface area contributed by atoms with Gasteiger partial charge in [-0.1, -0.05) is 0 Å². The number of nitrogens with zero attached hydrogens (tertiary/aromatic N) is 1. The van der Waals surface area contributed by atoms with Crippen LogP contribution < -0.4 is 10.1 Å². The third-order valence-electron chi connectivity index (χ3n) is 2.46. The van der Waals surface area contributed by atoms with Gasteiger partial charge in [0.25, 0.3) is 0 Å². The Morgan fingerprint density at radius 3 is 2.59 bits per heavy atom. The van der Waals surface area contributed by atoms with Gasteiger partial charge in [0.15, 0.2) is 0 Å². The maximum absolute atomic E-state index is 13.0. The van der Waals surface area contributed by atoms with E-state index >= 15 is 0 Å². The Bertz CT molecular complexity index is 392. The van der Waals surface area contributed by atoms with Gasteiger partial charge in [0.05, 0.1) is 12.8 Å². The van der Waals surface area contributed by atoms with Gasteiger partial charge in [-0.05, 0) is 26.0 Å². The van der Waals surface area contributed by atoms with Gasteiger partial charge < -0.3 is 15.0 Å². The molecule has 0 aliphatic heterocycles. The minimum Gasteiger partial charge on any atom is -0.494 e. The predicted octanol–water partition coefficient (Wildman–Crippen LogP) is 2.71. The minimum absolute atomic E-state index is 0.222. The fourth-order valence-corrected chi connectivity index (χ4v) is 1.47. The Labute approximate surface area is 100 Å². The Morgan fingerprint density at radius 1 is 1.41 bits per heavy atom. The van der Waals surface area contributed by atoms with Gasteiger partial charge >= 0.3 is 6.03 Å². The van der Waals surface area contributed by atoms with E-state index in [9.17, 15) is 9.18 Å². The molecule has 0 aromatic heterocycles. The van der Waals surface area contributed by atoms with Crippen molar-refractivity contribution >= 4 is 11.7 Å². The zero-order chi connectivity index (χ0) is 12.8. The third-order valence-corrected chi connectivity index (χ3v) is 2.46. The Balaban J connectivity index is 2.84. The molecule has 17 heavy (non-hydrogen) atoms. The van der Waals surface area contributed by atoms with Crippen molar-refractivity contribution in [1.29, 1.82) is 0 Å². The van der Waals surface area contributed by atoms with E-state index in [1.54, 1.807) is 4.90 Å². The highest BCUT2D eigenvalue weighted by atomic mass is 19.1. The van der Waals surface area contributed by atoms with Crippen molar-refractivity contribution in [2.45, 2.75) is 13.8 Å². The van der Waals surface area contributed by atoms with Crippen molar-refractivity contribution in [1.82, 2.24) is 4.90 Å². The topological polar surface area (TPSA) is 41.6 Å². The summed E-state index contributed by atoms with van der Waals surface area (Å²) < 4.78 is 18.0. The molecule has 0 fully saturated rings. The standard InChI is InChI=1S/C12H17FN2O2/c1-4-15(5-2)12(16)14-10-7-6-9(13)8-11(10)17-3/h6-8H,4-5H2,1-3H3,(H,14,16). The number of amides is 2. The number of benzene rings is 1. The summed E-state index contributed by atoms with van der Waals surface area (Å²) in [4.78, 5) is 13.4. The highest BCUT2D eigenvalue weighted by Crippen LogP contribution is 2.25. The molecule has 0 unspecified atom stereocenters. The van der Waals surface area contributed by atoms with Crippen LogP contribution >= 0.6 is 0 Å². The minimum atomic E-state index is -0.400. The van der Waals surface area contributed by atoms with Gasteiger partial charge in [0, 0.05) is 19.2 Å². The Hall–Kier alpha value is -1.78. The zero-order valence-corrected chi connectivity index (χ0v) is 10.3. The van der Waals surface area contributed by atoms with Crippen LogP contribution in [0.5, 0.6) is 5.75 Å². The van der Waals surface area contributed by atoms with Crippen molar-refractivity contribution < 1.29 is 13.9 Å². The second-order valence-corrected chi connectivity index (χ2v) is 3.45. The van der Waals surface area contributed by atoms with E-state index in [0.717, 1.165) is 0 Å². The maximum atomic E-state index is 13.0. The second kappa shape index (κ2) is 6.08. The van der Waals surface area contributed by atoms with E-state index in [4.69, 9.17) is 4.74 Å². The van der Waals surface area contributed by atoms with Crippen LogP contribution in [0, 0.1) is 5.82 Å². The average Bonchev–Trinajstić information content (AvgIpc) is 2.33. The Kier molecular flexibility index (Phi) is 4.75. The molecule has 0 heterocycles. The van der Waals surface area contributed by atoms with Crippen LogP contribution in [0.4, 0.5) is 14.9 Å². The molecule has 0 saturated heterocycles. The molecule has 0 bridgehead atoms. The second-order valence-electron chi connectivity index (χ2n) is 3.45. The van der Waals surface area contributed by atoms with E-state index in [1.807, 2.05) is 13.8 Å². The summed E-state index contributed by atoms with van der Waals surface area (Å²) in [6.07, 6.45) is 0. The lowest BCUT2D eigenvalue weighted by atomic mass is 10.3. The van der Waals surface area contributed by atoms with Crippen LogP contribution in [-0.4, -0.2) is 31.1 Å². The number of carbonyl (C=O) groups is 1. The number of carbonyl (C=O) groups excluding carboxylic acids is 1. The smallest absolute Gasteiger partial charge is 0.321 e. The molecule has 1 aromatic rings. The lowest BCUT2D eigenvalue weighted by Crippen LogP contribution is -2.34. The van der Waals surface area contributed by atoms with Crippen LogP contribution in [0.15, 0.2) is 18.2 Å². The van der Waals surface area contributed by atoms with Crippen LogP contribution in [0.1, 0.15) is 13.8 Å². The molecule has 1 rings (SSSR count). The van der Waals surface area contributed by atoms with E-state index in [2.05, 4.69) is 5.32 Å². The lowest BCUT2D eigenvalue weighted by Gasteiger charge is -2.20. The van der Waals surface area contributed by atoms with Crippen molar-refractivity contribution in [2.24, 2.45) is 0 Å². The monoisotopic (exact) mass is 240 g/mol. The molecule has 5 heteroatoms. The van der Waals surface area contributed by atoms with Crippen LogP contribution in [-0.2, 0) is 0 Å². The average molecular weight is 240 g/mol. The fourth-order valence-electron chi connectivity index (χ4n) is 1.47. The molecule has 1 N–H and O–H groups in total. The number of hydrogen-bond donors (Lipinski definition) is 1. The van der Waals surface area contributed by atoms with Gasteiger partial charge in [-0.15, -0.1) is 0 Å². The van der Waals surface area contributed by atoms with Crippen LogP contribution in [0.2, 0.25) is 0 Å². The molecule has 0 aliphatic rings. The summed E-state index contributed by atoms with van der Waals surface area (Å²) in [5.74, 6) is -0.0896.